The zero-order chi connectivity index (χ0) is 22.8. The van der Waals surface area contributed by atoms with Crippen molar-refractivity contribution in [1.82, 2.24) is 24.8 Å². The van der Waals surface area contributed by atoms with Gasteiger partial charge in [0.25, 0.3) is 5.91 Å². The van der Waals surface area contributed by atoms with E-state index in [0.29, 0.717) is 36.6 Å². The monoisotopic (exact) mass is 434 g/mol. The third-order valence-corrected chi connectivity index (χ3v) is 5.90. The highest BCUT2D eigenvalue weighted by Crippen LogP contribution is 2.35. The summed E-state index contributed by atoms with van der Waals surface area (Å²) in [5.41, 5.74) is 10.3. The van der Waals surface area contributed by atoms with Gasteiger partial charge in [-0.15, -0.1) is 0 Å². The molecule has 0 bridgehead atoms. The summed E-state index contributed by atoms with van der Waals surface area (Å²) < 4.78 is 15.1. The van der Waals surface area contributed by atoms with E-state index in [-0.39, 0.29) is 11.5 Å². The van der Waals surface area contributed by atoms with Crippen LogP contribution < -0.4 is 5.73 Å². The minimum absolute atomic E-state index is 0.0787. The summed E-state index contributed by atoms with van der Waals surface area (Å²) in [5, 5.41) is 0. The van der Waals surface area contributed by atoms with Gasteiger partial charge in [0.05, 0.1) is 17.0 Å². The Morgan fingerprint density at radius 1 is 1.12 bits per heavy atom. The van der Waals surface area contributed by atoms with Gasteiger partial charge in [-0.05, 0) is 44.7 Å². The average molecular weight is 435 g/mol. The Labute approximate surface area is 187 Å². The van der Waals surface area contributed by atoms with Crippen LogP contribution in [-0.4, -0.2) is 63.9 Å². The summed E-state index contributed by atoms with van der Waals surface area (Å²) in [6.45, 7) is 6.63. The van der Waals surface area contributed by atoms with E-state index in [1.807, 2.05) is 27.0 Å². The normalized spacial score (nSPS) is 14.6. The van der Waals surface area contributed by atoms with Gasteiger partial charge in [-0.3, -0.25) is 4.79 Å². The van der Waals surface area contributed by atoms with Crippen molar-refractivity contribution >= 4 is 11.7 Å². The molecule has 0 unspecified atom stereocenters. The fourth-order valence-corrected chi connectivity index (χ4v) is 4.05. The van der Waals surface area contributed by atoms with Crippen LogP contribution in [0.1, 0.15) is 28.7 Å². The van der Waals surface area contributed by atoms with Crippen molar-refractivity contribution in [2.75, 3.05) is 39.0 Å². The first-order valence-corrected chi connectivity index (χ1v) is 10.7. The van der Waals surface area contributed by atoms with Crippen LogP contribution in [0.2, 0.25) is 0 Å². The first-order chi connectivity index (χ1) is 15.4. The highest BCUT2D eigenvalue weighted by Gasteiger charge is 2.24. The molecule has 166 valence electrons. The number of nitrogen functional groups attached to an aromatic ring is 1. The number of piperazine rings is 1. The molecule has 1 aromatic carbocycles. The Kier molecular flexibility index (Phi) is 6.14. The van der Waals surface area contributed by atoms with Crippen molar-refractivity contribution in [1.29, 1.82) is 0 Å². The number of pyridine rings is 1. The maximum atomic E-state index is 15.1. The molecule has 2 N–H and O–H groups in total. The van der Waals surface area contributed by atoms with E-state index in [4.69, 9.17) is 5.73 Å². The Bertz CT molecular complexity index is 1160. The van der Waals surface area contributed by atoms with Crippen LogP contribution in [0.5, 0.6) is 0 Å². The largest absolute Gasteiger partial charge is 0.384 e. The van der Waals surface area contributed by atoms with E-state index >= 15 is 4.39 Å². The maximum Gasteiger partial charge on any atom is 0.256 e. The molecule has 1 saturated heterocycles. The number of benzene rings is 1. The lowest BCUT2D eigenvalue weighted by molar-refractivity contribution is 0.0659. The molecule has 2 aromatic heterocycles. The number of hydrogen-bond donors (Lipinski definition) is 1. The van der Waals surface area contributed by atoms with Crippen LogP contribution in [0.4, 0.5) is 10.2 Å². The van der Waals surface area contributed by atoms with Gasteiger partial charge < -0.3 is 15.5 Å². The van der Waals surface area contributed by atoms with Crippen molar-refractivity contribution in [3.05, 3.63) is 59.4 Å². The molecule has 0 aliphatic carbocycles. The van der Waals surface area contributed by atoms with Crippen LogP contribution in [0, 0.1) is 12.7 Å². The predicted molar refractivity (Wildman–Crippen MR) is 123 cm³/mol. The number of nitrogens with two attached hydrogens (primary N) is 1. The molecule has 0 saturated carbocycles. The summed E-state index contributed by atoms with van der Waals surface area (Å²) >= 11 is 0. The van der Waals surface area contributed by atoms with Crippen molar-refractivity contribution in [3.63, 3.8) is 0 Å². The molecule has 3 aromatic rings. The number of likely N-dealkylation sites (N-methyl/N-ethyl adjacent to an activating group) is 1. The molecule has 7 nitrogen and oxygen atoms in total. The van der Waals surface area contributed by atoms with Crippen LogP contribution in [0.3, 0.4) is 0 Å². The zero-order valence-corrected chi connectivity index (χ0v) is 18.6. The lowest BCUT2D eigenvalue weighted by Crippen LogP contribution is -2.47. The number of halogens is 1. The fraction of sp³-hybridized carbons (Fsp3) is 0.333. The minimum Gasteiger partial charge on any atom is -0.384 e. The quantitative estimate of drug-likeness (QED) is 0.679. The molecule has 0 radical (unpaired) electrons. The second kappa shape index (κ2) is 9.00. The number of aryl methyl sites for hydroxylation is 2. The minimum atomic E-state index is -0.554. The zero-order valence-electron chi connectivity index (χ0n) is 18.6. The fourth-order valence-electron chi connectivity index (χ4n) is 4.05. The highest BCUT2D eigenvalue weighted by atomic mass is 19.1. The number of rotatable bonds is 4. The van der Waals surface area contributed by atoms with Gasteiger partial charge in [0.1, 0.15) is 18.0 Å². The number of carbonyl (C=O) groups excluding carboxylic acids is 1. The Morgan fingerprint density at radius 2 is 1.88 bits per heavy atom. The second-order valence-electron chi connectivity index (χ2n) is 8.06. The molecule has 4 rings (SSSR count). The van der Waals surface area contributed by atoms with E-state index in [0.717, 1.165) is 35.6 Å². The molecule has 8 heteroatoms. The molecule has 1 fully saturated rings. The van der Waals surface area contributed by atoms with Crippen LogP contribution in [0.15, 0.2) is 36.7 Å². The molecule has 1 aliphatic rings. The number of amides is 1. The highest BCUT2D eigenvalue weighted by molar-refractivity contribution is 5.95. The number of anilines is 1. The van der Waals surface area contributed by atoms with Crippen molar-refractivity contribution in [2.24, 2.45) is 0 Å². The van der Waals surface area contributed by atoms with Crippen LogP contribution in [-0.2, 0) is 6.42 Å². The molecule has 0 spiro atoms. The molecular weight excluding hydrogens is 407 g/mol. The van der Waals surface area contributed by atoms with Gasteiger partial charge in [-0.1, -0.05) is 13.0 Å². The van der Waals surface area contributed by atoms with Gasteiger partial charge in [-0.2, -0.15) is 0 Å². The number of nitrogens with zero attached hydrogens (tertiary/aromatic N) is 5. The number of hydrogen-bond acceptors (Lipinski definition) is 6. The number of aromatic nitrogens is 3. The van der Waals surface area contributed by atoms with Crippen molar-refractivity contribution < 1.29 is 9.18 Å². The summed E-state index contributed by atoms with van der Waals surface area (Å²) in [5.74, 6) is -0.403. The SMILES string of the molecule is CCc1ncnc(-c2ccc(C(=O)N3CCN(C)CC3)c(F)c2)c1-c1ccc(N)nc1C. The molecule has 0 atom stereocenters. The van der Waals surface area contributed by atoms with Crippen molar-refractivity contribution in [2.45, 2.75) is 20.3 Å². The summed E-state index contributed by atoms with van der Waals surface area (Å²) in [6.07, 6.45) is 2.16. The molecular formula is C24H27FN6O. The standard InChI is InChI=1S/C24H27FN6O/c1-4-20-22(17-7-8-21(26)29-15(17)2)23(28-14-27-20)16-5-6-18(19(25)13-16)24(32)31-11-9-30(3)10-12-31/h5-8,13-14H,4,9-12H2,1-3H3,(H2,26,29). The lowest BCUT2D eigenvalue weighted by Gasteiger charge is -2.32. The van der Waals surface area contributed by atoms with Gasteiger partial charge in [-0.25, -0.2) is 19.3 Å². The van der Waals surface area contributed by atoms with E-state index in [1.165, 1.54) is 12.4 Å². The average Bonchev–Trinajstić information content (AvgIpc) is 2.79. The van der Waals surface area contributed by atoms with Crippen LogP contribution in [0.25, 0.3) is 22.4 Å². The Morgan fingerprint density at radius 3 is 2.53 bits per heavy atom. The summed E-state index contributed by atoms with van der Waals surface area (Å²) in [6, 6.07) is 8.31. The molecule has 1 amide bonds. The van der Waals surface area contributed by atoms with E-state index in [9.17, 15) is 4.79 Å². The Hall–Kier alpha value is -3.39. The molecule has 3 heterocycles. The van der Waals surface area contributed by atoms with Crippen molar-refractivity contribution in [3.8, 4) is 22.4 Å². The topological polar surface area (TPSA) is 88.2 Å². The Balaban J connectivity index is 1.75. The first-order valence-electron chi connectivity index (χ1n) is 10.7. The summed E-state index contributed by atoms with van der Waals surface area (Å²) in [4.78, 5) is 30.0. The first kappa shape index (κ1) is 21.8. The molecule has 32 heavy (non-hydrogen) atoms. The summed E-state index contributed by atoms with van der Waals surface area (Å²) in [7, 11) is 2.01. The number of carbonyl (C=O) groups is 1. The predicted octanol–water partition coefficient (Wildman–Crippen LogP) is 3.19. The van der Waals surface area contributed by atoms with E-state index < -0.39 is 5.82 Å². The van der Waals surface area contributed by atoms with E-state index in [2.05, 4.69) is 19.9 Å². The second-order valence-corrected chi connectivity index (χ2v) is 8.06. The lowest BCUT2D eigenvalue weighted by atomic mass is 9.95. The smallest absolute Gasteiger partial charge is 0.256 e. The van der Waals surface area contributed by atoms with Gasteiger partial charge in [0.2, 0.25) is 0 Å². The third kappa shape index (κ3) is 4.18. The maximum absolute atomic E-state index is 15.1. The van der Waals surface area contributed by atoms with Gasteiger partial charge in [0.15, 0.2) is 0 Å². The third-order valence-electron chi connectivity index (χ3n) is 5.90. The van der Waals surface area contributed by atoms with Gasteiger partial charge in [0, 0.05) is 48.6 Å². The molecule has 1 aliphatic heterocycles. The van der Waals surface area contributed by atoms with Crippen LogP contribution >= 0.6 is 0 Å². The van der Waals surface area contributed by atoms with Gasteiger partial charge >= 0.3 is 0 Å². The van der Waals surface area contributed by atoms with E-state index in [1.54, 1.807) is 23.1 Å².